The van der Waals surface area contributed by atoms with Crippen molar-refractivity contribution in [3.63, 3.8) is 0 Å². The van der Waals surface area contributed by atoms with Crippen LogP contribution in [0, 0.1) is 13.8 Å². The van der Waals surface area contributed by atoms with Crippen molar-refractivity contribution in [2.45, 2.75) is 18.7 Å². The molecule has 0 unspecified atom stereocenters. The van der Waals surface area contributed by atoms with Crippen molar-refractivity contribution in [2.24, 2.45) is 0 Å². The Kier molecular flexibility index (Phi) is 6.73. The highest BCUT2D eigenvalue weighted by molar-refractivity contribution is 7.89. The molecule has 9 heteroatoms. The summed E-state index contributed by atoms with van der Waals surface area (Å²) in [5, 5.41) is 4.50. The van der Waals surface area contributed by atoms with E-state index in [4.69, 9.17) is 4.74 Å². The summed E-state index contributed by atoms with van der Waals surface area (Å²) in [4.78, 5) is 15.3. The van der Waals surface area contributed by atoms with Gasteiger partial charge in [-0.25, -0.2) is 8.42 Å². The van der Waals surface area contributed by atoms with Crippen molar-refractivity contribution >= 4 is 38.6 Å². The zero-order valence-electron chi connectivity index (χ0n) is 18.9. The molecule has 2 aromatic carbocycles. The lowest BCUT2D eigenvalue weighted by Gasteiger charge is -2.35. The Balaban J connectivity index is 1.48. The van der Waals surface area contributed by atoms with E-state index >= 15 is 0 Å². The van der Waals surface area contributed by atoms with Crippen LogP contribution in [0.1, 0.15) is 20.8 Å². The summed E-state index contributed by atoms with van der Waals surface area (Å²) in [5.74, 6) is 0.351. The van der Waals surface area contributed by atoms with Gasteiger partial charge >= 0.3 is 0 Å². The number of aryl methyl sites for hydroxylation is 2. The molecule has 1 saturated heterocycles. The topological polar surface area (TPSA) is 79.0 Å². The zero-order chi connectivity index (χ0) is 23.6. The third kappa shape index (κ3) is 5.05. The molecule has 0 spiro atoms. The summed E-state index contributed by atoms with van der Waals surface area (Å²) in [6.45, 7) is 5.70. The lowest BCUT2D eigenvalue weighted by Crippen LogP contribution is -2.48. The van der Waals surface area contributed by atoms with Crippen LogP contribution in [0.2, 0.25) is 0 Å². The maximum atomic E-state index is 13.4. The Labute approximate surface area is 198 Å². The average molecular weight is 486 g/mol. The monoisotopic (exact) mass is 485 g/mol. The van der Waals surface area contributed by atoms with E-state index in [0.717, 1.165) is 33.9 Å². The van der Waals surface area contributed by atoms with Crippen molar-refractivity contribution < 1.29 is 17.9 Å². The van der Waals surface area contributed by atoms with Gasteiger partial charge in [0.2, 0.25) is 10.0 Å². The third-order valence-electron chi connectivity index (χ3n) is 5.59. The van der Waals surface area contributed by atoms with Crippen LogP contribution in [-0.2, 0) is 10.0 Å². The van der Waals surface area contributed by atoms with Crippen LogP contribution in [0.3, 0.4) is 0 Å². The molecule has 0 saturated carbocycles. The van der Waals surface area contributed by atoms with E-state index in [1.165, 1.54) is 10.4 Å². The normalized spacial score (nSPS) is 14.8. The Morgan fingerprint density at radius 1 is 1.00 bits per heavy atom. The molecule has 7 nitrogen and oxygen atoms in total. The first kappa shape index (κ1) is 23.3. The first-order valence-corrected chi connectivity index (χ1v) is 13.0. The maximum absolute atomic E-state index is 13.4. The predicted octanol–water partition coefficient (Wildman–Crippen LogP) is 4.14. The van der Waals surface area contributed by atoms with Gasteiger partial charge in [-0.15, -0.1) is 11.3 Å². The largest absolute Gasteiger partial charge is 0.497 e. The van der Waals surface area contributed by atoms with E-state index in [1.54, 1.807) is 12.5 Å². The number of amides is 1. The van der Waals surface area contributed by atoms with Crippen LogP contribution in [0.4, 0.5) is 11.4 Å². The molecule has 174 valence electrons. The number of sulfonamides is 1. The van der Waals surface area contributed by atoms with Crippen molar-refractivity contribution in [1.29, 1.82) is 0 Å². The zero-order valence-corrected chi connectivity index (χ0v) is 20.5. The number of rotatable bonds is 6. The van der Waals surface area contributed by atoms with Gasteiger partial charge in [0.15, 0.2) is 0 Å². The van der Waals surface area contributed by atoms with Crippen LogP contribution < -0.4 is 15.0 Å². The number of benzene rings is 2. The van der Waals surface area contributed by atoms with Crippen molar-refractivity contribution in [1.82, 2.24) is 4.31 Å². The van der Waals surface area contributed by atoms with Gasteiger partial charge in [-0.05, 0) is 60.7 Å². The minimum Gasteiger partial charge on any atom is -0.497 e. The number of hydrogen-bond acceptors (Lipinski definition) is 6. The van der Waals surface area contributed by atoms with E-state index in [9.17, 15) is 13.2 Å². The summed E-state index contributed by atoms with van der Waals surface area (Å²) in [7, 11) is -2.17. The second-order valence-electron chi connectivity index (χ2n) is 8.04. The van der Waals surface area contributed by atoms with Crippen LogP contribution in [-0.4, -0.2) is 51.9 Å². The lowest BCUT2D eigenvalue weighted by atomic mass is 10.1. The number of nitrogens with one attached hydrogen (secondary N) is 1. The smallest absolute Gasteiger partial charge is 0.267 e. The molecule has 1 N–H and O–H groups in total. The fourth-order valence-electron chi connectivity index (χ4n) is 4.03. The summed E-state index contributed by atoms with van der Waals surface area (Å²) >= 11 is 1.14. The van der Waals surface area contributed by atoms with Crippen molar-refractivity contribution in [3.8, 4) is 5.75 Å². The number of thiophene rings is 1. The average Bonchev–Trinajstić information content (AvgIpc) is 3.30. The third-order valence-corrected chi connectivity index (χ3v) is 8.57. The summed E-state index contributed by atoms with van der Waals surface area (Å²) in [6.07, 6.45) is 0. The number of methoxy groups -OCH3 is 1. The van der Waals surface area contributed by atoms with Gasteiger partial charge in [0.05, 0.1) is 7.11 Å². The molecule has 33 heavy (non-hydrogen) atoms. The highest BCUT2D eigenvalue weighted by atomic mass is 32.2. The number of carbonyl (C=O) groups excluding carboxylic acids is 1. The fraction of sp³-hybridized carbons (Fsp3) is 0.292. The van der Waals surface area contributed by atoms with Crippen molar-refractivity contribution in [3.05, 3.63) is 69.9 Å². The molecule has 1 aromatic heterocycles. The molecule has 0 atom stereocenters. The molecule has 1 amide bonds. The fourth-order valence-corrected chi connectivity index (χ4v) is 6.75. The Morgan fingerprint density at radius 2 is 1.70 bits per heavy atom. The Hall–Kier alpha value is -2.88. The number of anilines is 2. The van der Waals surface area contributed by atoms with Gasteiger partial charge in [0.1, 0.15) is 15.5 Å². The van der Waals surface area contributed by atoms with Gasteiger partial charge in [-0.2, -0.15) is 4.31 Å². The molecule has 1 aliphatic rings. The summed E-state index contributed by atoms with van der Waals surface area (Å²) in [5.41, 5.74) is 3.70. The minimum absolute atomic E-state index is 0.0594. The second kappa shape index (κ2) is 9.54. The Morgan fingerprint density at radius 3 is 2.36 bits per heavy atom. The van der Waals surface area contributed by atoms with Crippen LogP contribution in [0.25, 0.3) is 0 Å². The lowest BCUT2D eigenvalue weighted by molar-refractivity contribution is 0.102. The number of hydrogen-bond donors (Lipinski definition) is 1. The highest BCUT2D eigenvalue weighted by Gasteiger charge is 2.32. The molecule has 0 bridgehead atoms. The van der Waals surface area contributed by atoms with E-state index in [2.05, 4.69) is 10.2 Å². The van der Waals surface area contributed by atoms with E-state index in [1.807, 2.05) is 56.3 Å². The Bertz CT molecular complexity index is 1240. The number of ether oxygens (including phenoxy) is 1. The number of piperazine rings is 1. The molecule has 3 aromatic rings. The van der Waals surface area contributed by atoms with Gasteiger partial charge in [-0.1, -0.05) is 12.1 Å². The summed E-state index contributed by atoms with van der Waals surface area (Å²) in [6, 6.07) is 15.0. The molecule has 1 aliphatic heterocycles. The number of nitrogens with zero attached hydrogens (tertiary/aromatic N) is 2. The van der Waals surface area contributed by atoms with Gasteiger partial charge in [0.25, 0.3) is 5.91 Å². The quantitative estimate of drug-likeness (QED) is 0.568. The van der Waals surface area contributed by atoms with Gasteiger partial charge in [0, 0.05) is 43.6 Å². The van der Waals surface area contributed by atoms with Crippen LogP contribution in [0.15, 0.2) is 58.8 Å². The first-order valence-electron chi connectivity index (χ1n) is 10.6. The predicted molar refractivity (Wildman–Crippen MR) is 132 cm³/mol. The van der Waals surface area contributed by atoms with Crippen LogP contribution in [0.5, 0.6) is 5.75 Å². The molecule has 4 rings (SSSR count). The maximum Gasteiger partial charge on any atom is 0.267 e. The molecule has 0 radical (unpaired) electrons. The highest BCUT2D eigenvalue weighted by Crippen LogP contribution is 2.29. The SMILES string of the molecule is COc1cccc(N2CCN(S(=O)(=O)c3ccsc3C(=O)Nc3cc(C)cc(C)c3)CC2)c1. The molecule has 1 fully saturated rings. The number of carbonyl (C=O) groups is 1. The standard InChI is InChI=1S/C24H27N3O4S2/c1-17-13-18(2)15-19(14-17)25-24(28)23-22(7-12-32-23)33(29,30)27-10-8-26(9-11-27)20-5-4-6-21(16-20)31-3/h4-7,12-16H,8-11H2,1-3H3,(H,25,28). The molecule has 0 aliphatic carbocycles. The first-order chi connectivity index (χ1) is 15.8. The van der Waals surface area contributed by atoms with E-state index in [-0.39, 0.29) is 9.77 Å². The van der Waals surface area contributed by atoms with Gasteiger partial charge < -0.3 is 15.0 Å². The minimum atomic E-state index is -3.79. The molecule has 2 heterocycles. The van der Waals surface area contributed by atoms with Gasteiger partial charge in [-0.3, -0.25) is 4.79 Å². The van der Waals surface area contributed by atoms with Crippen molar-refractivity contribution in [2.75, 3.05) is 43.5 Å². The van der Waals surface area contributed by atoms with E-state index < -0.39 is 15.9 Å². The van der Waals surface area contributed by atoms with E-state index in [0.29, 0.717) is 31.9 Å². The second-order valence-corrected chi connectivity index (χ2v) is 10.9. The van der Waals surface area contributed by atoms with Crippen LogP contribution >= 0.6 is 11.3 Å². The summed E-state index contributed by atoms with van der Waals surface area (Å²) < 4.78 is 33.5. The molecular weight excluding hydrogens is 458 g/mol. The molecular formula is C24H27N3O4S2.